The number of halogens is 1. The van der Waals surface area contributed by atoms with Crippen LogP contribution in [0.5, 0.6) is 5.75 Å². The molecule has 2 atom stereocenters. The van der Waals surface area contributed by atoms with Gasteiger partial charge in [0.15, 0.2) is 0 Å². The van der Waals surface area contributed by atoms with E-state index in [9.17, 15) is 9.90 Å². The second-order valence-electron chi connectivity index (χ2n) is 3.73. The smallest absolute Gasteiger partial charge is 0.327 e. The van der Waals surface area contributed by atoms with Gasteiger partial charge in [0.25, 0.3) is 0 Å². The van der Waals surface area contributed by atoms with Gasteiger partial charge < -0.3 is 19.9 Å². The monoisotopic (exact) mass is 329 g/mol. The maximum atomic E-state index is 11.1. The van der Waals surface area contributed by atoms with Crippen molar-refractivity contribution >= 4 is 21.9 Å². The van der Waals surface area contributed by atoms with Crippen LogP contribution in [-0.4, -0.2) is 30.5 Å². The van der Waals surface area contributed by atoms with Crippen molar-refractivity contribution in [2.24, 2.45) is 0 Å². The van der Waals surface area contributed by atoms with Gasteiger partial charge in [0.1, 0.15) is 11.8 Å². The van der Waals surface area contributed by atoms with Crippen LogP contribution in [0.25, 0.3) is 0 Å². The highest BCUT2D eigenvalue weighted by molar-refractivity contribution is 9.10. The molecule has 1 aromatic carbocycles. The number of aliphatic hydroxyl groups excluding tert-OH is 1. The van der Waals surface area contributed by atoms with Crippen molar-refractivity contribution in [1.29, 1.82) is 0 Å². The number of carbonyl (C=O) groups is 1. The van der Waals surface area contributed by atoms with Crippen molar-refractivity contribution in [3.8, 4) is 5.75 Å². The summed E-state index contributed by atoms with van der Waals surface area (Å²) in [6.07, 6.45) is 1.74. The van der Waals surface area contributed by atoms with Crippen molar-refractivity contribution in [3.63, 3.8) is 0 Å². The van der Waals surface area contributed by atoms with Crippen molar-refractivity contribution in [1.82, 2.24) is 5.32 Å². The highest BCUT2D eigenvalue weighted by Crippen LogP contribution is 2.16. The first kappa shape index (κ1) is 15.5. The average Bonchev–Trinajstić information content (AvgIpc) is 2.40. The Balaban J connectivity index is 2.40. The van der Waals surface area contributed by atoms with Crippen molar-refractivity contribution in [2.45, 2.75) is 19.3 Å². The molecule has 0 aliphatic carbocycles. The molecular weight excluding hydrogens is 314 g/mol. The third-order valence-electron chi connectivity index (χ3n) is 2.23. The Hall–Kier alpha value is -1.53. The minimum atomic E-state index is -1.10. The average molecular weight is 330 g/mol. The molecule has 6 heteroatoms. The van der Waals surface area contributed by atoms with Crippen molar-refractivity contribution < 1.29 is 19.4 Å². The van der Waals surface area contributed by atoms with Crippen LogP contribution in [0.4, 0.5) is 0 Å². The van der Waals surface area contributed by atoms with Gasteiger partial charge in [-0.05, 0) is 43.5 Å². The third-order valence-corrected chi connectivity index (χ3v) is 2.76. The molecule has 0 radical (unpaired) electrons. The number of esters is 1. The van der Waals surface area contributed by atoms with Gasteiger partial charge in [0, 0.05) is 4.47 Å². The van der Waals surface area contributed by atoms with Gasteiger partial charge in [0.2, 0.25) is 6.29 Å². The predicted molar refractivity (Wildman–Crippen MR) is 74.5 cm³/mol. The lowest BCUT2D eigenvalue weighted by molar-refractivity contribution is -0.142. The second kappa shape index (κ2) is 7.81. The predicted octanol–water partition coefficient (Wildman–Crippen LogP) is 1.81. The molecule has 1 aromatic rings. The van der Waals surface area contributed by atoms with E-state index in [1.54, 1.807) is 19.1 Å². The lowest BCUT2D eigenvalue weighted by Crippen LogP contribution is -2.31. The molecule has 0 aliphatic rings. The van der Waals surface area contributed by atoms with Gasteiger partial charge in [-0.2, -0.15) is 0 Å². The molecule has 0 saturated carbocycles. The number of methoxy groups -OCH3 is 1. The first-order chi connectivity index (χ1) is 9.02. The van der Waals surface area contributed by atoms with Crippen LogP contribution < -0.4 is 10.1 Å². The number of hydrogen-bond acceptors (Lipinski definition) is 5. The molecular formula is C13H16BrNO4. The maximum Gasteiger partial charge on any atom is 0.327 e. The summed E-state index contributed by atoms with van der Waals surface area (Å²) >= 11 is 3.30. The van der Waals surface area contributed by atoms with Crippen LogP contribution in [0.15, 0.2) is 41.0 Å². The lowest BCUT2D eigenvalue weighted by Gasteiger charge is -2.11. The molecule has 1 rings (SSSR count). The molecule has 5 nitrogen and oxygen atoms in total. The number of carbonyl (C=O) groups excluding carboxylic acids is 1. The Labute approximate surface area is 120 Å². The molecule has 1 unspecified atom stereocenters. The fourth-order valence-electron chi connectivity index (χ4n) is 1.22. The molecule has 104 valence electrons. The zero-order chi connectivity index (χ0) is 14.3. The number of hydrogen-bond donors (Lipinski definition) is 2. The van der Waals surface area contributed by atoms with E-state index in [4.69, 9.17) is 4.74 Å². The normalized spacial score (nSPS) is 13.9. The minimum absolute atomic E-state index is 0.382. The Morgan fingerprint density at radius 2 is 2.05 bits per heavy atom. The number of ether oxygens (including phenoxy) is 2. The van der Waals surface area contributed by atoms with E-state index in [1.807, 2.05) is 12.1 Å². The zero-order valence-electron chi connectivity index (χ0n) is 10.7. The number of nitrogens with one attached hydrogen (secondary N) is 1. The molecule has 0 aliphatic heterocycles. The summed E-state index contributed by atoms with van der Waals surface area (Å²) in [5.74, 6) is 0.161. The summed E-state index contributed by atoms with van der Waals surface area (Å²) in [6.45, 7) is 1.65. The Kier molecular flexibility index (Phi) is 6.38. The van der Waals surface area contributed by atoms with E-state index in [0.29, 0.717) is 5.75 Å². The molecule has 19 heavy (non-hydrogen) atoms. The number of rotatable bonds is 6. The first-order valence-electron chi connectivity index (χ1n) is 5.63. The fraction of sp³-hybridized carbons (Fsp3) is 0.308. The van der Waals surface area contributed by atoms with Crippen molar-refractivity contribution in [2.75, 3.05) is 7.11 Å². The van der Waals surface area contributed by atoms with Gasteiger partial charge in [-0.25, -0.2) is 4.79 Å². The minimum Gasteiger partial charge on any atom is -0.467 e. The Bertz CT molecular complexity index is 433. The maximum absolute atomic E-state index is 11.1. The summed E-state index contributed by atoms with van der Waals surface area (Å²) in [5, 5.41) is 12.4. The van der Waals surface area contributed by atoms with E-state index in [-0.39, 0.29) is 5.97 Å². The first-order valence-corrected chi connectivity index (χ1v) is 6.43. The van der Waals surface area contributed by atoms with Crippen LogP contribution in [0.1, 0.15) is 6.92 Å². The lowest BCUT2D eigenvalue weighted by atomic mass is 10.3. The van der Waals surface area contributed by atoms with Gasteiger partial charge in [0.05, 0.1) is 7.11 Å². The molecule has 0 spiro atoms. The fourth-order valence-corrected chi connectivity index (χ4v) is 1.48. The highest BCUT2D eigenvalue weighted by Gasteiger charge is 2.09. The van der Waals surface area contributed by atoms with Crippen LogP contribution in [0.3, 0.4) is 0 Å². The van der Waals surface area contributed by atoms with E-state index >= 15 is 0 Å². The quantitative estimate of drug-likeness (QED) is 0.615. The molecule has 0 amide bonds. The summed E-state index contributed by atoms with van der Waals surface area (Å²) in [4.78, 5) is 11.1. The summed E-state index contributed by atoms with van der Waals surface area (Å²) in [7, 11) is 1.32. The summed E-state index contributed by atoms with van der Waals surface area (Å²) in [6, 6.07) is 6.59. The molecule has 0 bridgehead atoms. The largest absolute Gasteiger partial charge is 0.467 e. The number of benzene rings is 1. The van der Waals surface area contributed by atoms with Crippen LogP contribution in [0, 0.1) is 0 Å². The summed E-state index contributed by atoms with van der Waals surface area (Å²) < 4.78 is 10.7. The Morgan fingerprint density at radius 3 is 2.63 bits per heavy atom. The molecule has 0 aromatic heterocycles. The third kappa shape index (κ3) is 5.76. The SMILES string of the molecule is COC(=O)[C@H](C)N/C=C\C(O)Oc1ccc(Br)cc1. The standard InChI is InChI=1S/C13H16BrNO4/c1-9(13(17)18-2)15-8-7-12(16)19-11-5-3-10(14)4-6-11/h3-9,12,15-16H,1-2H3/b8-7-/t9-,12?/m0/s1. The molecule has 2 N–H and O–H groups in total. The topological polar surface area (TPSA) is 67.8 Å². The van der Waals surface area contributed by atoms with Gasteiger partial charge >= 0.3 is 5.97 Å². The van der Waals surface area contributed by atoms with E-state index in [0.717, 1.165) is 4.47 Å². The van der Waals surface area contributed by atoms with E-state index < -0.39 is 12.3 Å². The molecule has 0 saturated heterocycles. The highest BCUT2D eigenvalue weighted by atomic mass is 79.9. The zero-order valence-corrected chi connectivity index (χ0v) is 12.3. The van der Waals surface area contributed by atoms with Crippen LogP contribution in [-0.2, 0) is 9.53 Å². The van der Waals surface area contributed by atoms with Gasteiger partial charge in [-0.3, -0.25) is 0 Å². The van der Waals surface area contributed by atoms with E-state index in [1.165, 1.54) is 19.4 Å². The number of aliphatic hydroxyl groups is 1. The summed E-state index contributed by atoms with van der Waals surface area (Å²) in [5.41, 5.74) is 0. The van der Waals surface area contributed by atoms with Gasteiger partial charge in [-0.1, -0.05) is 15.9 Å². The Morgan fingerprint density at radius 1 is 1.42 bits per heavy atom. The van der Waals surface area contributed by atoms with Gasteiger partial charge in [-0.15, -0.1) is 0 Å². The molecule has 0 heterocycles. The van der Waals surface area contributed by atoms with Crippen LogP contribution in [0.2, 0.25) is 0 Å². The second-order valence-corrected chi connectivity index (χ2v) is 4.65. The van der Waals surface area contributed by atoms with E-state index in [2.05, 4.69) is 26.0 Å². The molecule has 0 fully saturated rings. The van der Waals surface area contributed by atoms with Crippen molar-refractivity contribution in [3.05, 3.63) is 41.0 Å². The van der Waals surface area contributed by atoms with Crippen LogP contribution >= 0.6 is 15.9 Å².